The van der Waals surface area contributed by atoms with Gasteiger partial charge >= 0.3 is 0 Å². The number of rotatable bonds is 6. The number of hydrogen-bond acceptors (Lipinski definition) is 3. The van der Waals surface area contributed by atoms with Crippen LogP contribution in [0.3, 0.4) is 0 Å². The fourth-order valence-electron chi connectivity index (χ4n) is 4.38. The van der Waals surface area contributed by atoms with Crippen LogP contribution in [0.25, 0.3) is 0 Å². The van der Waals surface area contributed by atoms with Gasteiger partial charge in [-0.1, -0.05) is 24.3 Å². The highest BCUT2D eigenvalue weighted by atomic mass is 19.1. The van der Waals surface area contributed by atoms with Crippen LogP contribution in [0.15, 0.2) is 48.5 Å². The number of benzene rings is 2. The van der Waals surface area contributed by atoms with E-state index in [4.69, 9.17) is 0 Å². The minimum absolute atomic E-state index is 0.0294. The second-order valence-electron chi connectivity index (χ2n) is 8.14. The van der Waals surface area contributed by atoms with Crippen molar-refractivity contribution in [3.63, 3.8) is 0 Å². The number of fused-ring (bicyclic) bond motifs is 1. The van der Waals surface area contributed by atoms with E-state index in [0.29, 0.717) is 32.4 Å². The maximum Gasteiger partial charge on any atom is 0.222 e. The first kappa shape index (κ1) is 20.4. The number of nitrogens with zero attached hydrogens (tertiary/aromatic N) is 2. The Hall–Kier alpha value is -2.89. The molecule has 2 aromatic carbocycles. The van der Waals surface area contributed by atoms with Crippen molar-refractivity contribution < 1.29 is 14.0 Å². The Balaban J connectivity index is 1.14. The zero-order valence-corrected chi connectivity index (χ0v) is 17.1. The molecule has 0 bridgehead atoms. The lowest BCUT2D eigenvalue weighted by Gasteiger charge is -2.36. The summed E-state index contributed by atoms with van der Waals surface area (Å²) in [5.74, 6) is -0.106. The summed E-state index contributed by atoms with van der Waals surface area (Å²) in [5.41, 5.74) is 3.62. The number of carbonyl (C=O) groups excluding carboxylic acids is 2. The van der Waals surface area contributed by atoms with E-state index in [1.165, 1.54) is 23.3 Å². The summed E-state index contributed by atoms with van der Waals surface area (Å²) in [7, 11) is 0. The molecule has 1 N–H and O–H groups in total. The van der Waals surface area contributed by atoms with Gasteiger partial charge in [0.05, 0.1) is 0 Å². The summed E-state index contributed by atoms with van der Waals surface area (Å²) < 4.78 is 13.1. The highest BCUT2D eigenvalue weighted by Gasteiger charge is 2.23. The fraction of sp³-hybridized carbons (Fsp3) is 0.417. The van der Waals surface area contributed by atoms with Gasteiger partial charge in [-0.15, -0.1) is 0 Å². The maximum atomic E-state index is 13.1. The summed E-state index contributed by atoms with van der Waals surface area (Å²) in [6.45, 7) is 2.78. The molecule has 0 radical (unpaired) electrons. The van der Waals surface area contributed by atoms with Gasteiger partial charge in [0.25, 0.3) is 0 Å². The van der Waals surface area contributed by atoms with Crippen LogP contribution in [0, 0.1) is 5.82 Å². The second-order valence-corrected chi connectivity index (χ2v) is 8.14. The van der Waals surface area contributed by atoms with Crippen molar-refractivity contribution in [2.45, 2.75) is 38.1 Å². The Morgan fingerprint density at radius 3 is 2.17 bits per heavy atom. The molecule has 158 valence electrons. The van der Waals surface area contributed by atoms with E-state index in [1.54, 1.807) is 12.1 Å². The molecule has 1 aliphatic carbocycles. The average molecular weight is 410 g/mol. The summed E-state index contributed by atoms with van der Waals surface area (Å²) >= 11 is 0. The number of hydrogen-bond donors (Lipinski definition) is 1. The van der Waals surface area contributed by atoms with E-state index in [2.05, 4.69) is 22.3 Å². The van der Waals surface area contributed by atoms with Gasteiger partial charge in [0.1, 0.15) is 5.82 Å². The zero-order valence-electron chi connectivity index (χ0n) is 17.1. The Morgan fingerprint density at radius 1 is 0.900 bits per heavy atom. The monoisotopic (exact) mass is 409 g/mol. The standard InChI is InChI=1S/C24H28FN3O2/c25-20-8-10-22(11-9-20)27-12-14-28(15-13-27)24(30)7-3-6-23(29)26-21-16-18-4-1-2-5-19(18)17-21/h1-2,4-5,8-11,21H,3,6-7,12-17H2,(H,26,29). The van der Waals surface area contributed by atoms with Crippen LogP contribution in [-0.2, 0) is 22.4 Å². The normalized spacial score (nSPS) is 16.4. The molecule has 0 atom stereocenters. The van der Waals surface area contributed by atoms with Crippen LogP contribution in [0.1, 0.15) is 30.4 Å². The summed E-state index contributed by atoms with van der Waals surface area (Å²) in [4.78, 5) is 28.8. The van der Waals surface area contributed by atoms with E-state index < -0.39 is 0 Å². The topological polar surface area (TPSA) is 52.7 Å². The number of halogens is 1. The molecule has 0 aromatic heterocycles. The zero-order chi connectivity index (χ0) is 20.9. The highest BCUT2D eigenvalue weighted by Crippen LogP contribution is 2.22. The fourth-order valence-corrected chi connectivity index (χ4v) is 4.38. The highest BCUT2D eigenvalue weighted by molar-refractivity contribution is 5.79. The molecule has 1 saturated heterocycles. The number of amides is 2. The molecule has 6 heteroatoms. The Kier molecular flexibility index (Phi) is 6.31. The van der Waals surface area contributed by atoms with E-state index in [9.17, 15) is 14.0 Å². The lowest BCUT2D eigenvalue weighted by atomic mass is 10.1. The van der Waals surface area contributed by atoms with Gasteiger partial charge < -0.3 is 15.1 Å². The molecule has 1 aliphatic heterocycles. The second kappa shape index (κ2) is 9.28. The Morgan fingerprint density at radius 2 is 1.53 bits per heavy atom. The molecular formula is C24H28FN3O2. The minimum atomic E-state index is -0.242. The van der Waals surface area contributed by atoms with Crippen molar-refractivity contribution in [1.82, 2.24) is 10.2 Å². The van der Waals surface area contributed by atoms with Crippen LogP contribution in [-0.4, -0.2) is 48.9 Å². The van der Waals surface area contributed by atoms with E-state index in [1.807, 2.05) is 17.0 Å². The Bertz CT molecular complexity index is 867. The molecule has 0 spiro atoms. The van der Waals surface area contributed by atoms with Crippen molar-refractivity contribution in [2.24, 2.45) is 0 Å². The SMILES string of the molecule is O=C(CCCC(=O)N1CCN(c2ccc(F)cc2)CC1)NC1Cc2ccccc2C1. The predicted octanol–water partition coefficient (Wildman–Crippen LogP) is 2.93. The number of nitrogens with one attached hydrogen (secondary N) is 1. The molecule has 2 amide bonds. The number of anilines is 1. The molecule has 2 aromatic rings. The van der Waals surface area contributed by atoms with Gasteiger partial charge in [-0.3, -0.25) is 9.59 Å². The van der Waals surface area contributed by atoms with Gasteiger partial charge in [0.15, 0.2) is 0 Å². The third-order valence-corrected chi connectivity index (χ3v) is 6.03. The smallest absolute Gasteiger partial charge is 0.222 e. The molecular weight excluding hydrogens is 381 g/mol. The molecule has 30 heavy (non-hydrogen) atoms. The van der Waals surface area contributed by atoms with Gasteiger partial charge in [0, 0.05) is 50.7 Å². The van der Waals surface area contributed by atoms with Crippen molar-refractivity contribution in [3.05, 3.63) is 65.5 Å². The van der Waals surface area contributed by atoms with Gasteiger partial charge in [-0.25, -0.2) is 4.39 Å². The summed E-state index contributed by atoms with van der Waals surface area (Å²) in [6, 6.07) is 15.0. The molecule has 5 nitrogen and oxygen atoms in total. The minimum Gasteiger partial charge on any atom is -0.368 e. The van der Waals surface area contributed by atoms with Gasteiger partial charge in [-0.05, 0) is 54.7 Å². The first-order chi connectivity index (χ1) is 14.6. The largest absolute Gasteiger partial charge is 0.368 e. The lowest BCUT2D eigenvalue weighted by Crippen LogP contribution is -2.48. The molecule has 1 heterocycles. The number of piperazine rings is 1. The van der Waals surface area contributed by atoms with Crippen molar-refractivity contribution in [1.29, 1.82) is 0 Å². The van der Waals surface area contributed by atoms with Gasteiger partial charge in [-0.2, -0.15) is 0 Å². The molecule has 0 saturated carbocycles. The van der Waals surface area contributed by atoms with Crippen LogP contribution >= 0.6 is 0 Å². The lowest BCUT2D eigenvalue weighted by molar-refractivity contribution is -0.131. The van der Waals surface area contributed by atoms with Crippen LogP contribution in [0.5, 0.6) is 0 Å². The van der Waals surface area contributed by atoms with E-state index >= 15 is 0 Å². The van der Waals surface area contributed by atoms with Crippen molar-refractivity contribution in [2.75, 3.05) is 31.1 Å². The third-order valence-electron chi connectivity index (χ3n) is 6.03. The van der Waals surface area contributed by atoms with Crippen LogP contribution < -0.4 is 10.2 Å². The molecule has 0 unspecified atom stereocenters. The summed E-state index contributed by atoms with van der Waals surface area (Å²) in [6.07, 6.45) is 3.13. The molecule has 1 fully saturated rings. The predicted molar refractivity (Wildman–Crippen MR) is 115 cm³/mol. The maximum absolute atomic E-state index is 13.1. The average Bonchev–Trinajstić information content (AvgIpc) is 3.16. The van der Waals surface area contributed by atoms with Crippen molar-refractivity contribution >= 4 is 17.5 Å². The van der Waals surface area contributed by atoms with Gasteiger partial charge in [0.2, 0.25) is 11.8 Å². The quantitative estimate of drug-likeness (QED) is 0.798. The third kappa shape index (κ3) is 4.99. The summed E-state index contributed by atoms with van der Waals surface area (Å²) in [5, 5.41) is 3.11. The first-order valence-corrected chi connectivity index (χ1v) is 10.7. The number of carbonyl (C=O) groups is 2. The van der Waals surface area contributed by atoms with E-state index in [0.717, 1.165) is 31.6 Å². The van der Waals surface area contributed by atoms with Crippen molar-refractivity contribution in [3.8, 4) is 0 Å². The Labute approximate surface area is 176 Å². The molecule has 2 aliphatic rings. The first-order valence-electron chi connectivity index (χ1n) is 10.7. The molecule has 4 rings (SSSR count). The van der Waals surface area contributed by atoms with Crippen LogP contribution in [0.2, 0.25) is 0 Å². The van der Waals surface area contributed by atoms with Crippen LogP contribution in [0.4, 0.5) is 10.1 Å². The van der Waals surface area contributed by atoms with E-state index in [-0.39, 0.29) is 23.7 Å².